The van der Waals surface area contributed by atoms with Crippen LogP contribution in [-0.2, 0) is 23.3 Å². The summed E-state index contributed by atoms with van der Waals surface area (Å²) in [6, 6.07) is 0. The first-order valence-corrected chi connectivity index (χ1v) is 12.1. The molecule has 2 aliphatic carbocycles. The van der Waals surface area contributed by atoms with Gasteiger partial charge in [0.25, 0.3) is 0 Å². The van der Waals surface area contributed by atoms with Gasteiger partial charge in [0.15, 0.2) is 0 Å². The molecular formula is C17H28SiZr-4. The van der Waals surface area contributed by atoms with Crippen LogP contribution in [0.1, 0.15) is 46.0 Å². The van der Waals surface area contributed by atoms with Crippen LogP contribution in [0.25, 0.3) is 0 Å². The van der Waals surface area contributed by atoms with Crippen molar-refractivity contribution >= 4 is 6.88 Å². The third-order valence-electron chi connectivity index (χ3n) is 2.61. The van der Waals surface area contributed by atoms with Gasteiger partial charge in [-0.25, -0.2) is 23.8 Å². The molecule has 2 rings (SSSR count). The molecule has 0 unspecified atom stereocenters. The molecule has 0 heterocycles. The Balaban J connectivity index is -0.000000244. The van der Waals surface area contributed by atoms with Crippen LogP contribution in [0, 0.1) is 27.0 Å². The summed E-state index contributed by atoms with van der Waals surface area (Å²) in [6.07, 6.45) is 20.4. The summed E-state index contributed by atoms with van der Waals surface area (Å²) >= 11 is 1.58. The van der Waals surface area contributed by atoms with E-state index in [1.54, 1.807) is 28.9 Å². The minimum absolute atomic E-state index is 0. The van der Waals surface area contributed by atoms with Gasteiger partial charge < -0.3 is 14.9 Å². The number of allylic oxidation sites excluding steroid dienone is 8. The van der Waals surface area contributed by atoms with Crippen molar-refractivity contribution in [1.29, 1.82) is 0 Å². The van der Waals surface area contributed by atoms with Gasteiger partial charge >= 0.3 is 30.2 Å². The van der Waals surface area contributed by atoms with E-state index in [0.29, 0.717) is 0 Å². The molecule has 0 radical (unpaired) electrons. The predicted molar refractivity (Wildman–Crippen MR) is 87.6 cm³/mol. The van der Waals surface area contributed by atoms with Gasteiger partial charge in [-0.15, -0.1) is 19.8 Å². The summed E-state index contributed by atoms with van der Waals surface area (Å²) in [5, 5.41) is 0. The zero-order valence-corrected chi connectivity index (χ0v) is 16.9. The SMILES string of the molecule is CCCCC1=C(C)C=[C-]C1.[C-]1=CC=CC1.[CH3-].[CH3-].[SiH2]=[Zr]. The van der Waals surface area contributed by atoms with Crippen molar-refractivity contribution in [3.63, 3.8) is 0 Å². The fourth-order valence-electron chi connectivity index (χ4n) is 1.58. The van der Waals surface area contributed by atoms with Crippen molar-refractivity contribution in [2.24, 2.45) is 0 Å². The Kier molecular flexibility index (Phi) is 22.9. The monoisotopic (exact) mass is 350 g/mol. The fraction of sp³-hybridized carbons (Fsp3) is 0.412. The van der Waals surface area contributed by atoms with Crippen molar-refractivity contribution in [2.75, 3.05) is 0 Å². The van der Waals surface area contributed by atoms with Crippen LogP contribution in [0.4, 0.5) is 0 Å². The standard InChI is InChI=1S/C10H15.C5H5.2CH3.H2Si.Zr/c1-3-4-7-10-8-5-6-9(10)2;1-2-4-5-3-1;;;;/h6H,3-4,7-8H2,1-2H3;1-3H,4H2;2*1H3;1H2;/q4*-1;;. The van der Waals surface area contributed by atoms with Gasteiger partial charge in [0.2, 0.25) is 0 Å². The van der Waals surface area contributed by atoms with Crippen LogP contribution in [0.15, 0.2) is 35.5 Å². The molecule has 0 saturated heterocycles. The second-order valence-corrected chi connectivity index (χ2v) is 3.92. The van der Waals surface area contributed by atoms with Crippen molar-refractivity contribution in [2.45, 2.75) is 46.0 Å². The Hall–Kier alpha value is 0.0600. The van der Waals surface area contributed by atoms with E-state index in [0.717, 1.165) is 12.8 Å². The Morgan fingerprint density at radius 1 is 1.26 bits per heavy atom. The summed E-state index contributed by atoms with van der Waals surface area (Å²) in [4.78, 5) is 0. The molecule has 0 aromatic heterocycles. The zero-order valence-electron chi connectivity index (χ0n) is 13.1. The minimum atomic E-state index is 0. The van der Waals surface area contributed by atoms with Gasteiger partial charge in [-0.2, -0.15) is 11.6 Å². The average molecular weight is 352 g/mol. The maximum absolute atomic E-state index is 3.23. The van der Waals surface area contributed by atoms with Gasteiger partial charge in [-0.05, 0) is 6.42 Å². The molecule has 0 saturated carbocycles. The number of hydrogen-bond donors (Lipinski definition) is 0. The van der Waals surface area contributed by atoms with Crippen LogP contribution in [-0.4, -0.2) is 6.88 Å². The quantitative estimate of drug-likeness (QED) is 0.517. The molecule has 0 nitrogen and oxygen atoms in total. The Labute approximate surface area is 138 Å². The molecule has 2 heteroatoms. The molecule has 0 N–H and O–H groups in total. The third kappa shape index (κ3) is 12.8. The van der Waals surface area contributed by atoms with E-state index in [-0.39, 0.29) is 14.9 Å². The summed E-state index contributed by atoms with van der Waals surface area (Å²) in [5.74, 6) is 0. The molecule has 108 valence electrons. The number of rotatable bonds is 3. The number of unbranched alkanes of at least 4 members (excludes halogenated alkanes) is 1. The Bertz CT molecular complexity index is 301. The van der Waals surface area contributed by atoms with E-state index < -0.39 is 0 Å². The van der Waals surface area contributed by atoms with E-state index >= 15 is 0 Å². The first kappa shape index (κ1) is 24.1. The topological polar surface area (TPSA) is 0 Å². The van der Waals surface area contributed by atoms with Gasteiger partial charge in [0.05, 0.1) is 0 Å². The van der Waals surface area contributed by atoms with E-state index in [9.17, 15) is 0 Å². The van der Waals surface area contributed by atoms with E-state index in [4.69, 9.17) is 0 Å². The molecule has 0 aliphatic heterocycles. The molecule has 2 aliphatic rings. The number of hydrogen-bond acceptors (Lipinski definition) is 0. The van der Waals surface area contributed by atoms with Crippen LogP contribution in [0.3, 0.4) is 0 Å². The van der Waals surface area contributed by atoms with E-state index in [1.165, 1.54) is 24.8 Å². The molecule has 19 heavy (non-hydrogen) atoms. The molecule has 0 fully saturated rings. The summed E-state index contributed by atoms with van der Waals surface area (Å²) in [5.41, 5.74) is 3.05. The maximum atomic E-state index is 3.23. The Morgan fingerprint density at radius 2 is 1.95 bits per heavy atom. The predicted octanol–water partition coefficient (Wildman–Crippen LogP) is 4.54. The van der Waals surface area contributed by atoms with Crippen LogP contribution in [0.2, 0.25) is 0 Å². The van der Waals surface area contributed by atoms with Crippen molar-refractivity contribution in [1.82, 2.24) is 0 Å². The molecule has 0 atom stereocenters. The second kappa shape index (κ2) is 18.1. The zero-order chi connectivity index (χ0) is 12.9. The van der Waals surface area contributed by atoms with E-state index in [2.05, 4.69) is 38.2 Å². The average Bonchev–Trinajstić information content (AvgIpc) is 3.04. The summed E-state index contributed by atoms with van der Waals surface area (Å²) < 4.78 is 0. The molecule has 0 aromatic rings. The Morgan fingerprint density at radius 3 is 2.26 bits per heavy atom. The van der Waals surface area contributed by atoms with Gasteiger partial charge in [-0.1, -0.05) is 19.8 Å². The molecule has 0 aromatic carbocycles. The van der Waals surface area contributed by atoms with Crippen molar-refractivity contribution in [3.8, 4) is 0 Å². The van der Waals surface area contributed by atoms with Crippen molar-refractivity contribution < 1.29 is 23.3 Å². The molecular weight excluding hydrogens is 323 g/mol. The van der Waals surface area contributed by atoms with Crippen LogP contribution < -0.4 is 0 Å². The fourth-order valence-corrected chi connectivity index (χ4v) is 1.58. The van der Waals surface area contributed by atoms with Gasteiger partial charge in [0.1, 0.15) is 0 Å². The second-order valence-electron chi connectivity index (χ2n) is 3.92. The normalized spacial score (nSPS) is 13.7. The summed E-state index contributed by atoms with van der Waals surface area (Å²) in [7, 11) is 0. The van der Waals surface area contributed by atoms with Gasteiger partial charge in [-0.3, -0.25) is 12.2 Å². The van der Waals surface area contributed by atoms with E-state index in [1.807, 2.05) is 19.0 Å². The first-order chi connectivity index (χ1) is 8.34. The van der Waals surface area contributed by atoms with Crippen molar-refractivity contribution in [3.05, 3.63) is 62.5 Å². The van der Waals surface area contributed by atoms with Gasteiger partial charge in [0, 0.05) is 0 Å². The third-order valence-corrected chi connectivity index (χ3v) is 2.61. The van der Waals surface area contributed by atoms with Crippen LogP contribution >= 0.6 is 0 Å². The first-order valence-electron chi connectivity index (χ1n) is 6.17. The molecule has 0 amide bonds. The molecule has 0 spiro atoms. The summed E-state index contributed by atoms with van der Waals surface area (Å²) in [6.45, 7) is 6.37. The van der Waals surface area contributed by atoms with Crippen LogP contribution in [0.5, 0.6) is 0 Å². The molecule has 0 bridgehead atoms.